The lowest BCUT2D eigenvalue weighted by molar-refractivity contribution is 0.101. The molecule has 0 aliphatic carbocycles. The molecule has 1 heterocycles. The van der Waals surface area contributed by atoms with Crippen molar-refractivity contribution in [1.82, 2.24) is 9.97 Å². The van der Waals surface area contributed by atoms with Gasteiger partial charge in [0.05, 0.1) is 6.61 Å². The van der Waals surface area contributed by atoms with Crippen molar-refractivity contribution in [2.75, 3.05) is 17.2 Å². The maximum atomic E-state index is 11.4. The van der Waals surface area contributed by atoms with Gasteiger partial charge in [0.15, 0.2) is 5.78 Å². The quantitative estimate of drug-likeness (QED) is 0.584. The molecule has 6 nitrogen and oxygen atoms in total. The second-order valence-corrected chi connectivity index (χ2v) is 6.06. The van der Waals surface area contributed by atoms with Crippen LogP contribution in [-0.4, -0.2) is 22.4 Å². The van der Waals surface area contributed by atoms with Crippen molar-refractivity contribution < 1.29 is 9.53 Å². The smallest absolute Gasteiger partial charge is 0.229 e. The number of anilines is 4. The number of carbonyl (C=O) groups excluding carboxylic acids is 1. The summed E-state index contributed by atoms with van der Waals surface area (Å²) in [6, 6.07) is 16.8. The maximum Gasteiger partial charge on any atom is 0.229 e. The van der Waals surface area contributed by atoms with Gasteiger partial charge in [0.1, 0.15) is 11.6 Å². The Bertz CT molecular complexity index is 922. The molecule has 0 saturated carbocycles. The first-order valence-electron chi connectivity index (χ1n) is 8.77. The average Bonchev–Trinajstić information content (AvgIpc) is 2.63. The number of nitrogens with zero attached hydrogens (tertiary/aromatic N) is 2. The number of aromatic nitrogens is 2. The number of carbonyl (C=O) groups is 1. The molecule has 0 radical (unpaired) electrons. The van der Waals surface area contributed by atoms with E-state index < -0.39 is 0 Å². The van der Waals surface area contributed by atoms with Crippen LogP contribution in [-0.2, 0) is 0 Å². The monoisotopic (exact) mass is 362 g/mol. The van der Waals surface area contributed by atoms with Gasteiger partial charge in [-0.3, -0.25) is 4.79 Å². The fraction of sp³-hybridized carbons (Fsp3) is 0.190. The van der Waals surface area contributed by atoms with Crippen molar-refractivity contribution in [3.63, 3.8) is 0 Å². The molecule has 3 rings (SSSR count). The third-order valence-corrected chi connectivity index (χ3v) is 3.84. The van der Waals surface area contributed by atoms with E-state index >= 15 is 0 Å². The maximum absolute atomic E-state index is 11.4. The lowest BCUT2D eigenvalue weighted by Gasteiger charge is -2.11. The Morgan fingerprint density at radius 2 is 1.59 bits per heavy atom. The highest BCUT2D eigenvalue weighted by Crippen LogP contribution is 2.21. The van der Waals surface area contributed by atoms with Gasteiger partial charge in [-0.05, 0) is 69.3 Å². The number of benzene rings is 2. The molecule has 2 aromatic carbocycles. The number of rotatable bonds is 7. The third kappa shape index (κ3) is 5.04. The number of Topliss-reactive ketones (excluding diaryl/α,β-unsaturated/α-hetero) is 1. The zero-order valence-electron chi connectivity index (χ0n) is 15.6. The van der Waals surface area contributed by atoms with Gasteiger partial charge in [0, 0.05) is 28.7 Å². The average molecular weight is 362 g/mol. The molecular weight excluding hydrogens is 340 g/mol. The Morgan fingerprint density at radius 1 is 0.963 bits per heavy atom. The van der Waals surface area contributed by atoms with Gasteiger partial charge in [0.2, 0.25) is 5.95 Å². The first-order chi connectivity index (χ1) is 13.0. The van der Waals surface area contributed by atoms with Crippen molar-refractivity contribution >= 4 is 28.9 Å². The van der Waals surface area contributed by atoms with E-state index in [0.717, 1.165) is 22.8 Å². The summed E-state index contributed by atoms with van der Waals surface area (Å²) in [5, 5.41) is 6.44. The van der Waals surface area contributed by atoms with Gasteiger partial charge >= 0.3 is 0 Å². The van der Waals surface area contributed by atoms with Crippen LogP contribution < -0.4 is 15.4 Å². The highest BCUT2D eigenvalue weighted by atomic mass is 16.5. The Morgan fingerprint density at radius 3 is 2.22 bits per heavy atom. The van der Waals surface area contributed by atoms with Gasteiger partial charge < -0.3 is 15.4 Å². The molecule has 3 aromatic rings. The van der Waals surface area contributed by atoms with Gasteiger partial charge in [-0.1, -0.05) is 0 Å². The summed E-state index contributed by atoms with van der Waals surface area (Å²) in [5.41, 5.74) is 3.23. The second-order valence-electron chi connectivity index (χ2n) is 6.06. The number of nitrogens with one attached hydrogen (secondary N) is 2. The van der Waals surface area contributed by atoms with Crippen LogP contribution >= 0.6 is 0 Å². The molecule has 0 spiro atoms. The number of ether oxygens (including phenoxy) is 1. The van der Waals surface area contributed by atoms with E-state index in [9.17, 15) is 4.79 Å². The SMILES string of the molecule is CCOc1ccc(Nc2cc(C)nc(Nc3ccc(C(C)=O)cc3)n2)cc1. The Hall–Kier alpha value is -3.41. The van der Waals surface area contributed by atoms with Crippen molar-refractivity contribution in [1.29, 1.82) is 0 Å². The first kappa shape index (κ1) is 18.4. The molecule has 0 aliphatic rings. The van der Waals surface area contributed by atoms with Crippen molar-refractivity contribution in [2.45, 2.75) is 20.8 Å². The number of hydrogen-bond donors (Lipinski definition) is 2. The second kappa shape index (κ2) is 8.31. The summed E-state index contributed by atoms with van der Waals surface area (Å²) in [7, 11) is 0. The summed E-state index contributed by atoms with van der Waals surface area (Å²) in [6.07, 6.45) is 0. The molecule has 6 heteroatoms. The van der Waals surface area contributed by atoms with Crippen LogP contribution in [0.3, 0.4) is 0 Å². The summed E-state index contributed by atoms with van der Waals surface area (Å²) >= 11 is 0. The molecule has 0 unspecified atom stereocenters. The Balaban J connectivity index is 1.74. The number of ketones is 1. The van der Waals surface area contributed by atoms with Crippen LogP contribution in [0.1, 0.15) is 29.9 Å². The zero-order valence-corrected chi connectivity index (χ0v) is 15.6. The molecule has 0 saturated heterocycles. The highest BCUT2D eigenvalue weighted by Gasteiger charge is 2.05. The fourth-order valence-corrected chi connectivity index (χ4v) is 2.55. The van der Waals surface area contributed by atoms with Gasteiger partial charge in [-0.25, -0.2) is 4.98 Å². The largest absolute Gasteiger partial charge is 0.494 e. The molecule has 1 aromatic heterocycles. The molecule has 2 N–H and O–H groups in total. The van der Waals surface area contributed by atoms with Crippen LogP contribution in [0.4, 0.5) is 23.1 Å². The molecule has 0 bridgehead atoms. The zero-order chi connectivity index (χ0) is 19.2. The Kier molecular flexibility index (Phi) is 5.66. The van der Waals surface area contributed by atoms with Crippen molar-refractivity contribution in [2.24, 2.45) is 0 Å². The normalized spacial score (nSPS) is 10.3. The topological polar surface area (TPSA) is 76.1 Å². The van der Waals surface area contributed by atoms with E-state index in [-0.39, 0.29) is 5.78 Å². The minimum absolute atomic E-state index is 0.0372. The predicted octanol–water partition coefficient (Wildman–Crippen LogP) is 4.87. The third-order valence-electron chi connectivity index (χ3n) is 3.84. The van der Waals surface area contributed by atoms with E-state index in [1.54, 1.807) is 19.1 Å². The van der Waals surface area contributed by atoms with E-state index in [4.69, 9.17) is 4.74 Å². The summed E-state index contributed by atoms with van der Waals surface area (Å²) in [4.78, 5) is 20.3. The van der Waals surface area contributed by atoms with Crippen molar-refractivity contribution in [3.05, 3.63) is 65.9 Å². The van der Waals surface area contributed by atoms with E-state index in [1.807, 2.05) is 56.3 Å². The van der Waals surface area contributed by atoms with Crippen LogP contribution in [0.5, 0.6) is 5.75 Å². The number of hydrogen-bond acceptors (Lipinski definition) is 6. The highest BCUT2D eigenvalue weighted by molar-refractivity contribution is 5.94. The standard InChI is InChI=1S/C21H22N4O2/c1-4-27-19-11-9-17(10-12-19)23-20-13-14(2)22-21(25-20)24-18-7-5-16(6-8-18)15(3)26/h5-13H,4H2,1-3H3,(H2,22,23,24,25). The number of aryl methyl sites for hydroxylation is 1. The lowest BCUT2D eigenvalue weighted by atomic mass is 10.1. The van der Waals surface area contributed by atoms with E-state index in [1.165, 1.54) is 0 Å². The van der Waals surface area contributed by atoms with Gasteiger partial charge in [-0.2, -0.15) is 4.98 Å². The van der Waals surface area contributed by atoms with Crippen LogP contribution in [0.2, 0.25) is 0 Å². The van der Waals surface area contributed by atoms with Crippen molar-refractivity contribution in [3.8, 4) is 5.75 Å². The molecule has 0 aliphatic heterocycles. The van der Waals surface area contributed by atoms with Crippen LogP contribution in [0.25, 0.3) is 0 Å². The molecule has 0 amide bonds. The fourth-order valence-electron chi connectivity index (χ4n) is 2.55. The molecule has 0 atom stereocenters. The van der Waals surface area contributed by atoms with Gasteiger partial charge in [0.25, 0.3) is 0 Å². The van der Waals surface area contributed by atoms with Crippen LogP contribution in [0, 0.1) is 6.92 Å². The lowest BCUT2D eigenvalue weighted by Crippen LogP contribution is -2.02. The molecule has 138 valence electrons. The summed E-state index contributed by atoms with van der Waals surface area (Å²) in [6.45, 7) is 6.05. The first-order valence-corrected chi connectivity index (χ1v) is 8.77. The molecule has 27 heavy (non-hydrogen) atoms. The van der Waals surface area contributed by atoms with E-state index in [2.05, 4.69) is 20.6 Å². The molecular formula is C21H22N4O2. The van der Waals surface area contributed by atoms with Crippen LogP contribution in [0.15, 0.2) is 54.6 Å². The minimum atomic E-state index is 0.0372. The summed E-state index contributed by atoms with van der Waals surface area (Å²) < 4.78 is 5.45. The van der Waals surface area contributed by atoms with Gasteiger partial charge in [-0.15, -0.1) is 0 Å². The van der Waals surface area contributed by atoms with E-state index in [0.29, 0.717) is 23.9 Å². The molecule has 0 fully saturated rings. The minimum Gasteiger partial charge on any atom is -0.494 e. The Labute approximate surface area is 158 Å². The predicted molar refractivity (Wildman–Crippen MR) is 107 cm³/mol. The summed E-state index contributed by atoms with van der Waals surface area (Å²) in [5.74, 6) is 2.04.